The number of hydrogen-bond acceptors (Lipinski definition) is 4. The van der Waals surface area contributed by atoms with Crippen LogP contribution in [0.15, 0.2) is 53.5 Å². The lowest BCUT2D eigenvalue weighted by molar-refractivity contribution is 0.0530. The van der Waals surface area contributed by atoms with Crippen LogP contribution < -0.4 is 5.32 Å². The highest BCUT2D eigenvalue weighted by molar-refractivity contribution is 7.08. The molecule has 1 unspecified atom stereocenters. The molecule has 0 saturated carbocycles. The van der Waals surface area contributed by atoms with E-state index in [0.29, 0.717) is 5.56 Å². The maximum Gasteiger partial charge on any atom is 0.254 e. The number of aromatic nitrogens is 2. The van der Waals surface area contributed by atoms with Gasteiger partial charge >= 0.3 is 0 Å². The standard InChI is InChI=1S/C17H16FN3O2S/c1-17(23,13-6-7-24-10-13)11-19-16(22)12-8-20-21(9-12)15-5-3-2-4-14(15)18/h2-10,23H,11H2,1H3,(H,19,22). The number of para-hydroxylation sites is 1. The lowest BCUT2D eigenvalue weighted by atomic mass is 9.99. The average molecular weight is 345 g/mol. The van der Waals surface area contributed by atoms with Crippen molar-refractivity contribution in [3.8, 4) is 5.69 Å². The van der Waals surface area contributed by atoms with Crippen LogP contribution in [0.25, 0.3) is 5.69 Å². The van der Waals surface area contributed by atoms with Gasteiger partial charge in [-0.3, -0.25) is 4.79 Å². The van der Waals surface area contributed by atoms with E-state index in [-0.39, 0.29) is 18.1 Å². The summed E-state index contributed by atoms with van der Waals surface area (Å²) in [6.07, 6.45) is 2.81. The van der Waals surface area contributed by atoms with E-state index in [1.807, 2.05) is 16.8 Å². The van der Waals surface area contributed by atoms with Crippen molar-refractivity contribution in [1.82, 2.24) is 15.1 Å². The number of thiophene rings is 1. The minimum absolute atomic E-state index is 0.0629. The number of rotatable bonds is 5. The molecule has 3 aromatic rings. The summed E-state index contributed by atoms with van der Waals surface area (Å²) in [5.41, 5.74) is 0.146. The molecule has 124 valence electrons. The van der Waals surface area contributed by atoms with Crippen LogP contribution in [0.5, 0.6) is 0 Å². The normalized spacial score (nSPS) is 13.5. The first-order valence-electron chi connectivity index (χ1n) is 7.30. The molecule has 0 saturated heterocycles. The summed E-state index contributed by atoms with van der Waals surface area (Å²) in [4.78, 5) is 12.2. The first-order valence-corrected chi connectivity index (χ1v) is 8.24. The predicted molar refractivity (Wildman–Crippen MR) is 89.7 cm³/mol. The minimum atomic E-state index is -1.16. The number of nitrogens with one attached hydrogen (secondary N) is 1. The third kappa shape index (κ3) is 3.37. The zero-order valence-corrected chi connectivity index (χ0v) is 13.8. The molecule has 0 aliphatic carbocycles. The average Bonchev–Trinajstić information content (AvgIpc) is 3.25. The molecule has 2 aromatic heterocycles. The second-order valence-corrected chi connectivity index (χ2v) is 6.37. The number of amides is 1. The number of hydrogen-bond donors (Lipinski definition) is 2. The molecule has 5 nitrogen and oxygen atoms in total. The Labute approximate surface area is 142 Å². The number of aliphatic hydroxyl groups is 1. The lowest BCUT2D eigenvalue weighted by Gasteiger charge is -2.22. The molecule has 1 amide bonds. The zero-order chi connectivity index (χ0) is 17.2. The Balaban J connectivity index is 1.70. The van der Waals surface area contributed by atoms with Crippen LogP contribution in [0.2, 0.25) is 0 Å². The van der Waals surface area contributed by atoms with Crippen LogP contribution in [0.1, 0.15) is 22.8 Å². The van der Waals surface area contributed by atoms with Crippen molar-refractivity contribution >= 4 is 17.2 Å². The molecule has 0 aliphatic rings. The Hall–Kier alpha value is -2.51. The predicted octanol–water partition coefficient (Wildman–Crippen LogP) is 2.71. The van der Waals surface area contributed by atoms with Crippen molar-refractivity contribution in [3.63, 3.8) is 0 Å². The second-order valence-electron chi connectivity index (χ2n) is 5.59. The van der Waals surface area contributed by atoms with Gasteiger partial charge in [0.25, 0.3) is 5.91 Å². The molecule has 0 aliphatic heterocycles. The van der Waals surface area contributed by atoms with Crippen molar-refractivity contribution in [1.29, 1.82) is 0 Å². The molecular formula is C17H16FN3O2S. The number of nitrogens with zero attached hydrogens (tertiary/aromatic N) is 2. The Bertz CT molecular complexity index is 843. The van der Waals surface area contributed by atoms with Gasteiger partial charge < -0.3 is 10.4 Å². The number of carbonyl (C=O) groups excluding carboxylic acids is 1. The Morgan fingerprint density at radius 1 is 1.42 bits per heavy atom. The van der Waals surface area contributed by atoms with E-state index in [9.17, 15) is 14.3 Å². The summed E-state index contributed by atoms with van der Waals surface area (Å²) in [5.74, 6) is -0.805. The molecule has 2 N–H and O–H groups in total. The zero-order valence-electron chi connectivity index (χ0n) is 12.9. The van der Waals surface area contributed by atoms with Gasteiger partial charge in [-0.2, -0.15) is 16.4 Å². The topological polar surface area (TPSA) is 67.2 Å². The first-order chi connectivity index (χ1) is 11.5. The van der Waals surface area contributed by atoms with Crippen LogP contribution >= 0.6 is 11.3 Å². The third-order valence-corrected chi connectivity index (χ3v) is 4.36. The van der Waals surface area contributed by atoms with Crippen LogP contribution in [-0.4, -0.2) is 27.3 Å². The maximum absolute atomic E-state index is 13.8. The Morgan fingerprint density at radius 3 is 2.92 bits per heavy atom. The molecule has 0 bridgehead atoms. The van der Waals surface area contributed by atoms with Gasteiger partial charge in [0.05, 0.1) is 18.3 Å². The van der Waals surface area contributed by atoms with Gasteiger partial charge in [0.2, 0.25) is 0 Å². The van der Waals surface area contributed by atoms with Crippen LogP contribution in [0, 0.1) is 5.82 Å². The van der Waals surface area contributed by atoms with E-state index in [0.717, 1.165) is 5.56 Å². The monoisotopic (exact) mass is 345 g/mol. The smallest absolute Gasteiger partial charge is 0.254 e. The van der Waals surface area contributed by atoms with Gasteiger partial charge in [0.1, 0.15) is 17.1 Å². The highest BCUT2D eigenvalue weighted by atomic mass is 32.1. The number of halogens is 1. The summed E-state index contributed by atoms with van der Waals surface area (Å²) >= 11 is 1.48. The molecule has 24 heavy (non-hydrogen) atoms. The summed E-state index contributed by atoms with van der Waals surface area (Å²) in [7, 11) is 0. The van der Waals surface area contributed by atoms with Crippen molar-refractivity contribution in [3.05, 3.63) is 70.4 Å². The molecule has 0 fully saturated rings. The molecule has 0 radical (unpaired) electrons. The maximum atomic E-state index is 13.8. The van der Waals surface area contributed by atoms with E-state index in [1.165, 1.54) is 34.5 Å². The molecule has 3 rings (SSSR count). The van der Waals surface area contributed by atoms with E-state index in [1.54, 1.807) is 25.1 Å². The van der Waals surface area contributed by atoms with Gasteiger partial charge in [0, 0.05) is 6.20 Å². The highest BCUT2D eigenvalue weighted by Gasteiger charge is 2.24. The number of benzene rings is 1. The fraction of sp³-hybridized carbons (Fsp3) is 0.176. The second kappa shape index (κ2) is 6.54. The molecule has 2 heterocycles. The van der Waals surface area contributed by atoms with E-state index >= 15 is 0 Å². The number of carbonyl (C=O) groups is 1. The quantitative estimate of drug-likeness (QED) is 0.747. The Kier molecular flexibility index (Phi) is 4.46. The lowest BCUT2D eigenvalue weighted by Crippen LogP contribution is -2.38. The van der Waals surface area contributed by atoms with Gasteiger partial charge in [-0.25, -0.2) is 9.07 Å². The molecule has 1 aromatic carbocycles. The van der Waals surface area contributed by atoms with Crippen molar-refractivity contribution in [2.24, 2.45) is 0 Å². The molecule has 0 spiro atoms. The van der Waals surface area contributed by atoms with Crippen LogP contribution in [0.3, 0.4) is 0 Å². The SMILES string of the molecule is CC(O)(CNC(=O)c1cnn(-c2ccccc2F)c1)c1ccsc1. The third-order valence-electron chi connectivity index (χ3n) is 3.68. The van der Waals surface area contributed by atoms with Crippen LogP contribution in [0.4, 0.5) is 4.39 Å². The molecular weight excluding hydrogens is 329 g/mol. The van der Waals surface area contributed by atoms with Gasteiger partial charge in [-0.15, -0.1) is 0 Å². The van der Waals surface area contributed by atoms with E-state index < -0.39 is 11.4 Å². The van der Waals surface area contributed by atoms with Crippen molar-refractivity contribution in [2.45, 2.75) is 12.5 Å². The molecule has 7 heteroatoms. The fourth-order valence-corrected chi connectivity index (χ4v) is 3.02. The highest BCUT2D eigenvalue weighted by Crippen LogP contribution is 2.22. The Morgan fingerprint density at radius 2 is 2.21 bits per heavy atom. The summed E-state index contributed by atoms with van der Waals surface area (Å²) in [6.45, 7) is 1.70. The van der Waals surface area contributed by atoms with Crippen molar-refractivity contribution in [2.75, 3.05) is 6.54 Å². The van der Waals surface area contributed by atoms with E-state index in [2.05, 4.69) is 10.4 Å². The summed E-state index contributed by atoms with van der Waals surface area (Å²) in [6, 6.07) is 7.99. The van der Waals surface area contributed by atoms with E-state index in [4.69, 9.17) is 0 Å². The van der Waals surface area contributed by atoms with Gasteiger partial charge in [0.15, 0.2) is 0 Å². The fourth-order valence-electron chi connectivity index (χ4n) is 2.24. The summed E-state index contributed by atoms with van der Waals surface area (Å²) in [5, 5.41) is 20.8. The van der Waals surface area contributed by atoms with Gasteiger partial charge in [-0.05, 0) is 41.4 Å². The first kappa shape index (κ1) is 16.4. The summed E-state index contributed by atoms with van der Waals surface area (Å²) < 4.78 is 15.1. The van der Waals surface area contributed by atoms with Crippen LogP contribution in [-0.2, 0) is 5.60 Å². The molecule has 1 atom stereocenters. The largest absolute Gasteiger partial charge is 0.384 e. The van der Waals surface area contributed by atoms with Crippen molar-refractivity contribution < 1.29 is 14.3 Å². The minimum Gasteiger partial charge on any atom is -0.384 e. The van der Waals surface area contributed by atoms with Gasteiger partial charge in [-0.1, -0.05) is 12.1 Å².